The van der Waals surface area contributed by atoms with Gasteiger partial charge < -0.3 is 5.32 Å². The predicted molar refractivity (Wildman–Crippen MR) is 150 cm³/mol. The SMILES string of the molecule is C=C/C(=C\C=C1\N=C(c2cc(C(F)(F)F)cc(C(F)(F)F)c2)CCCC1C)C(=C)NCCC(=C)CCC.CC. The normalized spacial score (nSPS) is 17.5. The molecule has 1 atom stereocenters. The van der Waals surface area contributed by atoms with Crippen molar-refractivity contribution in [1.82, 2.24) is 5.32 Å². The molecule has 1 unspecified atom stereocenters. The van der Waals surface area contributed by atoms with E-state index in [1.165, 1.54) is 0 Å². The number of nitrogens with zero attached hydrogens (tertiary/aromatic N) is 1. The Kier molecular flexibility index (Phi) is 13.5. The first kappa shape index (κ1) is 34.0. The van der Waals surface area contributed by atoms with Crippen molar-refractivity contribution in [2.24, 2.45) is 10.9 Å². The highest BCUT2D eigenvalue weighted by molar-refractivity contribution is 6.01. The molecule has 2 nitrogen and oxygen atoms in total. The van der Waals surface area contributed by atoms with Gasteiger partial charge in [-0.2, -0.15) is 26.3 Å². The second-order valence-electron chi connectivity index (χ2n) is 9.22. The number of hydrogen-bond acceptors (Lipinski definition) is 2. The molecular formula is C31H40F6N2. The lowest BCUT2D eigenvalue weighted by molar-refractivity contribution is -0.143. The van der Waals surface area contributed by atoms with Gasteiger partial charge in [0, 0.05) is 23.7 Å². The second-order valence-corrected chi connectivity index (χ2v) is 9.22. The lowest BCUT2D eigenvalue weighted by atomic mass is 9.98. The third kappa shape index (κ3) is 10.9. The Balaban J connectivity index is 0.00000371. The van der Waals surface area contributed by atoms with Gasteiger partial charge in [0.1, 0.15) is 0 Å². The number of nitrogens with one attached hydrogen (secondary N) is 1. The topological polar surface area (TPSA) is 24.4 Å². The summed E-state index contributed by atoms with van der Waals surface area (Å²) in [6.07, 6.45) is -0.360. The highest BCUT2D eigenvalue weighted by atomic mass is 19.4. The van der Waals surface area contributed by atoms with E-state index in [0.717, 1.165) is 37.0 Å². The maximum absolute atomic E-state index is 13.4. The van der Waals surface area contributed by atoms with Gasteiger partial charge in [-0.25, -0.2) is 0 Å². The summed E-state index contributed by atoms with van der Waals surface area (Å²) in [6, 6.07) is 1.62. The molecule has 0 aliphatic carbocycles. The van der Waals surface area contributed by atoms with Crippen LogP contribution >= 0.6 is 0 Å². The molecule has 0 saturated carbocycles. The zero-order valence-corrected chi connectivity index (χ0v) is 23.3. The summed E-state index contributed by atoms with van der Waals surface area (Å²) in [5.74, 6) is -0.0358. The molecule has 2 rings (SSSR count). The summed E-state index contributed by atoms with van der Waals surface area (Å²) >= 11 is 0. The van der Waals surface area contributed by atoms with Gasteiger partial charge in [0.05, 0.1) is 11.1 Å². The van der Waals surface area contributed by atoms with Crippen molar-refractivity contribution < 1.29 is 26.3 Å². The van der Waals surface area contributed by atoms with Gasteiger partial charge in [-0.3, -0.25) is 4.99 Å². The molecule has 1 N–H and O–H groups in total. The van der Waals surface area contributed by atoms with E-state index in [4.69, 9.17) is 0 Å². The van der Waals surface area contributed by atoms with Crippen molar-refractivity contribution >= 4 is 5.71 Å². The number of allylic oxidation sites excluding steroid dienone is 4. The van der Waals surface area contributed by atoms with Gasteiger partial charge in [-0.1, -0.05) is 71.6 Å². The van der Waals surface area contributed by atoms with Crippen molar-refractivity contribution in [1.29, 1.82) is 0 Å². The summed E-state index contributed by atoms with van der Waals surface area (Å²) in [6.45, 7) is 20.6. The fourth-order valence-electron chi connectivity index (χ4n) is 4.02. The zero-order valence-electron chi connectivity index (χ0n) is 23.3. The summed E-state index contributed by atoms with van der Waals surface area (Å²) in [5, 5.41) is 3.24. The van der Waals surface area contributed by atoms with Crippen LogP contribution in [0.5, 0.6) is 0 Å². The standard InChI is InChI=1S/C29H34F6N2.C2H6/c1-6-9-19(3)14-15-36-21(5)22(7-2)12-13-26-20(4)10-8-11-27(37-26)23-16-24(28(30,31)32)18-25(17-23)29(33,34)35;1-2/h7,12-13,16-18,20,36H,2-3,5-6,8-11,14-15H2,1,4H3;1-2H3/b22-12+,26-13+;. The Morgan fingerprint density at radius 3 is 2.13 bits per heavy atom. The number of rotatable bonds is 10. The highest BCUT2D eigenvalue weighted by Gasteiger charge is 2.37. The zero-order chi connectivity index (χ0) is 29.8. The predicted octanol–water partition coefficient (Wildman–Crippen LogP) is 10.2. The molecule has 1 heterocycles. The third-order valence-corrected chi connectivity index (χ3v) is 6.16. The van der Waals surface area contributed by atoms with Crippen LogP contribution in [-0.4, -0.2) is 12.3 Å². The fraction of sp³-hybridized carbons (Fsp3) is 0.452. The summed E-state index contributed by atoms with van der Waals surface area (Å²) in [5.41, 5.74) is 0.407. The van der Waals surface area contributed by atoms with Crippen LogP contribution < -0.4 is 5.32 Å². The molecule has 0 saturated heterocycles. The fourth-order valence-corrected chi connectivity index (χ4v) is 4.02. The van der Waals surface area contributed by atoms with E-state index in [2.05, 4.69) is 37.0 Å². The second kappa shape index (κ2) is 15.5. The van der Waals surface area contributed by atoms with E-state index in [1.54, 1.807) is 18.2 Å². The van der Waals surface area contributed by atoms with Crippen molar-refractivity contribution in [3.63, 3.8) is 0 Å². The molecule has 0 bridgehead atoms. The van der Waals surface area contributed by atoms with Crippen molar-refractivity contribution in [3.05, 3.63) is 95.4 Å². The Hall–Kier alpha value is -3.03. The average molecular weight is 555 g/mol. The lowest BCUT2D eigenvalue weighted by Gasteiger charge is -2.15. The maximum atomic E-state index is 13.4. The van der Waals surface area contributed by atoms with Gasteiger partial charge in [0.2, 0.25) is 0 Å². The largest absolute Gasteiger partial charge is 0.416 e. The number of aliphatic imine (C=N–C) groups is 1. The monoisotopic (exact) mass is 554 g/mol. The van der Waals surface area contributed by atoms with E-state index in [0.29, 0.717) is 36.4 Å². The summed E-state index contributed by atoms with van der Waals surface area (Å²) < 4.78 is 80.2. The first-order valence-electron chi connectivity index (χ1n) is 13.3. The Morgan fingerprint density at radius 1 is 1.03 bits per heavy atom. The lowest BCUT2D eigenvalue weighted by Crippen LogP contribution is -2.15. The van der Waals surface area contributed by atoms with E-state index in [1.807, 2.05) is 20.8 Å². The van der Waals surface area contributed by atoms with Crippen LogP contribution in [0.1, 0.15) is 82.9 Å². The number of alkyl halides is 6. The smallest absolute Gasteiger partial charge is 0.385 e. The van der Waals surface area contributed by atoms with Crippen LogP contribution in [0.3, 0.4) is 0 Å². The molecule has 1 aromatic rings. The molecule has 216 valence electrons. The van der Waals surface area contributed by atoms with Crippen LogP contribution in [-0.2, 0) is 12.4 Å². The van der Waals surface area contributed by atoms with Gasteiger partial charge in [-0.15, -0.1) is 0 Å². The number of benzene rings is 1. The van der Waals surface area contributed by atoms with Crippen molar-refractivity contribution in [3.8, 4) is 0 Å². The van der Waals surface area contributed by atoms with Crippen LogP contribution in [0.4, 0.5) is 26.3 Å². The molecule has 0 aromatic heterocycles. The quantitative estimate of drug-likeness (QED) is 0.174. The Bertz CT molecular complexity index is 1060. The molecular weight excluding hydrogens is 514 g/mol. The van der Waals surface area contributed by atoms with E-state index >= 15 is 0 Å². The molecule has 0 radical (unpaired) electrons. The summed E-state index contributed by atoms with van der Waals surface area (Å²) in [4.78, 5) is 4.55. The van der Waals surface area contributed by atoms with Gasteiger partial charge in [-0.05, 0) is 73.4 Å². The molecule has 39 heavy (non-hydrogen) atoms. The van der Waals surface area contributed by atoms with Crippen LogP contribution in [0.15, 0.2) is 83.7 Å². The number of halogens is 6. The minimum atomic E-state index is -4.91. The van der Waals surface area contributed by atoms with Crippen LogP contribution in [0.25, 0.3) is 0 Å². The molecule has 1 aromatic carbocycles. The first-order chi connectivity index (χ1) is 18.3. The maximum Gasteiger partial charge on any atom is 0.416 e. The molecule has 0 spiro atoms. The van der Waals surface area contributed by atoms with Crippen molar-refractivity contribution in [2.45, 2.75) is 78.6 Å². The van der Waals surface area contributed by atoms with E-state index < -0.39 is 23.5 Å². The molecule has 1 aliphatic heterocycles. The average Bonchev–Trinajstić information content (AvgIpc) is 3.05. The number of hydrogen-bond donors (Lipinski definition) is 1. The van der Waals surface area contributed by atoms with Crippen molar-refractivity contribution in [2.75, 3.05) is 6.54 Å². The van der Waals surface area contributed by atoms with Crippen LogP contribution in [0.2, 0.25) is 0 Å². The molecule has 1 aliphatic rings. The van der Waals surface area contributed by atoms with Gasteiger partial charge in [0.25, 0.3) is 0 Å². The van der Waals surface area contributed by atoms with E-state index in [-0.39, 0.29) is 29.7 Å². The van der Waals surface area contributed by atoms with Gasteiger partial charge >= 0.3 is 12.4 Å². The Labute approximate surface area is 229 Å². The first-order valence-corrected chi connectivity index (χ1v) is 13.3. The van der Waals surface area contributed by atoms with Crippen LogP contribution in [0, 0.1) is 5.92 Å². The molecule has 8 heteroatoms. The molecule has 0 fully saturated rings. The van der Waals surface area contributed by atoms with E-state index in [9.17, 15) is 26.3 Å². The molecule has 0 amide bonds. The third-order valence-electron chi connectivity index (χ3n) is 6.16. The summed E-state index contributed by atoms with van der Waals surface area (Å²) in [7, 11) is 0. The van der Waals surface area contributed by atoms with Gasteiger partial charge in [0.15, 0.2) is 0 Å². The minimum Gasteiger partial charge on any atom is -0.385 e. The minimum absolute atomic E-state index is 0.0358. The highest BCUT2D eigenvalue weighted by Crippen LogP contribution is 2.37. The Morgan fingerprint density at radius 2 is 1.62 bits per heavy atom.